The number of hydrogen-bond donors (Lipinski definition) is 2. The quantitative estimate of drug-likeness (QED) is 0.662. The Bertz CT molecular complexity index is 619. The van der Waals surface area contributed by atoms with Gasteiger partial charge >= 0.3 is 0 Å². The number of ether oxygens (including phenoxy) is 1. The van der Waals surface area contributed by atoms with Crippen LogP contribution in [-0.4, -0.2) is 10.8 Å². The molecule has 0 bridgehead atoms. The number of nitrogens with one attached hydrogen (secondary N) is 1. The summed E-state index contributed by atoms with van der Waals surface area (Å²) in [6, 6.07) is 8.92. The number of halogens is 2. The van der Waals surface area contributed by atoms with Gasteiger partial charge < -0.3 is 10.5 Å². The van der Waals surface area contributed by atoms with Gasteiger partial charge in [0.1, 0.15) is 23.9 Å². The molecular formula is C13H11BrClN3O. The monoisotopic (exact) mass is 339 g/mol. The first-order chi connectivity index (χ1) is 9.06. The second-order valence-corrected chi connectivity index (χ2v) is 5.15. The molecule has 0 radical (unpaired) electrons. The van der Waals surface area contributed by atoms with Crippen LogP contribution < -0.4 is 10.5 Å². The van der Waals surface area contributed by atoms with E-state index >= 15 is 0 Å². The number of amidine groups is 1. The summed E-state index contributed by atoms with van der Waals surface area (Å²) in [4.78, 5) is 3.99. The molecule has 2 rings (SSSR count). The van der Waals surface area contributed by atoms with Gasteiger partial charge in [0.2, 0.25) is 0 Å². The summed E-state index contributed by atoms with van der Waals surface area (Å²) in [7, 11) is 0. The number of benzene rings is 1. The summed E-state index contributed by atoms with van der Waals surface area (Å²) in [6.45, 7) is 0.332. The fourth-order valence-corrected chi connectivity index (χ4v) is 1.97. The third-order valence-electron chi connectivity index (χ3n) is 2.39. The van der Waals surface area contributed by atoms with Crippen molar-refractivity contribution in [1.82, 2.24) is 4.98 Å². The molecule has 0 spiro atoms. The van der Waals surface area contributed by atoms with Gasteiger partial charge in [-0.2, -0.15) is 0 Å². The van der Waals surface area contributed by atoms with Crippen LogP contribution in [0.25, 0.3) is 0 Å². The van der Waals surface area contributed by atoms with Crippen LogP contribution in [0.5, 0.6) is 5.75 Å². The van der Waals surface area contributed by atoms with Gasteiger partial charge in [-0.25, -0.2) is 0 Å². The molecule has 6 heteroatoms. The van der Waals surface area contributed by atoms with Crippen molar-refractivity contribution in [3.63, 3.8) is 0 Å². The first-order valence-electron chi connectivity index (χ1n) is 5.43. The van der Waals surface area contributed by atoms with Gasteiger partial charge in [0.15, 0.2) is 0 Å². The normalized spacial score (nSPS) is 10.2. The van der Waals surface area contributed by atoms with Crippen LogP contribution in [0.2, 0.25) is 5.02 Å². The Balaban J connectivity index is 2.12. The van der Waals surface area contributed by atoms with Crippen LogP contribution in [-0.2, 0) is 6.61 Å². The molecule has 19 heavy (non-hydrogen) atoms. The lowest BCUT2D eigenvalue weighted by molar-refractivity contribution is 0.306. The van der Waals surface area contributed by atoms with Gasteiger partial charge in [-0.05, 0) is 35.9 Å². The van der Waals surface area contributed by atoms with E-state index in [4.69, 9.17) is 27.5 Å². The maximum absolute atomic E-state index is 7.34. The third-order valence-corrected chi connectivity index (χ3v) is 3.19. The zero-order chi connectivity index (χ0) is 13.8. The molecule has 4 nitrogen and oxygen atoms in total. The highest BCUT2D eigenvalue weighted by atomic mass is 79.9. The van der Waals surface area contributed by atoms with Gasteiger partial charge in [-0.15, -0.1) is 0 Å². The zero-order valence-corrected chi connectivity index (χ0v) is 12.2. The van der Waals surface area contributed by atoms with E-state index in [1.807, 2.05) is 6.07 Å². The molecular weight excluding hydrogens is 330 g/mol. The summed E-state index contributed by atoms with van der Waals surface area (Å²) in [5, 5.41) is 7.88. The van der Waals surface area contributed by atoms with E-state index in [1.165, 1.54) is 0 Å². The lowest BCUT2D eigenvalue weighted by Crippen LogP contribution is -2.13. The third kappa shape index (κ3) is 3.68. The van der Waals surface area contributed by atoms with E-state index in [2.05, 4.69) is 20.9 Å². The minimum atomic E-state index is -0.0673. The SMILES string of the molecule is N=C(N)c1cc(COc2cc(Br)ccc2Cl)ccn1. The largest absolute Gasteiger partial charge is 0.487 e. The van der Waals surface area contributed by atoms with Gasteiger partial charge in [0, 0.05) is 10.7 Å². The van der Waals surface area contributed by atoms with Gasteiger partial charge in [0.05, 0.1) is 5.02 Å². The Hall–Kier alpha value is -1.59. The lowest BCUT2D eigenvalue weighted by atomic mass is 10.2. The number of pyridine rings is 1. The molecule has 1 aromatic carbocycles. The number of aromatic nitrogens is 1. The van der Waals surface area contributed by atoms with E-state index in [-0.39, 0.29) is 5.84 Å². The number of nitrogen functional groups attached to an aromatic ring is 1. The van der Waals surface area contributed by atoms with Crippen molar-refractivity contribution >= 4 is 33.4 Å². The second kappa shape index (κ2) is 6.04. The Morgan fingerprint density at radius 3 is 2.89 bits per heavy atom. The van der Waals surface area contributed by atoms with Crippen LogP contribution in [0.4, 0.5) is 0 Å². The molecule has 0 saturated heterocycles. The molecule has 0 unspecified atom stereocenters. The summed E-state index contributed by atoms with van der Waals surface area (Å²) in [5.41, 5.74) is 6.69. The Labute approximate surface area is 124 Å². The molecule has 0 saturated carbocycles. The predicted molar refractivity (Wildman–Crippen MR) is 78.7 cm³/mol. The van der Waals surface area contributed by atoms with Crippen molar-refractivity contribution in [3.8, 4) is 5.75 Å². The Morgan fingerprint density at radius 1 is 1.37 bits per heavy atom. The lowest BCUT2D eigenvalue weighted by Gasteiger charge is -2.09. The molecule has 0 fully saturated rings. The first kappa shape index (κ1) is 13.8. The Morgan fingerprint density at radius 2 is 2.16 bits per heavy atom. The fraction of sp³-hybridized carbons (Fsp3) is 0.0769. The number of nitrogens with zero attached hydrogens (tertiary/aromatic N) is 1. The first-order valence-corrected chi connectivity index (χ1v) is 6.60. The van der Waals surface area contributed by atoms with Gasteiger partial charge in [-0.3, -0.25) is 10.4 Å². The van der Waals surface area contributed by atoms with Gasteiger partial charge in [-0.1, -0.05) is 27.5 Å². The maximum atomic E-state index is 7.34. The van der Waals surface area contributed by atoms with Crippen LogP contribution in [0.1, 0.15) is 11.3 Å². The van der Waals surface area contributed by atoms with E-state index in [9.17, 15) is 0 Å². The fourth-order valence-electron chi connectivity index (χ4n) is 1.46. The zero-order valence-electron chi connectivity index (χ0n) is 9.86. The summed E-state index contributed by atoms with van der Waals surface area (Å²) < 4.78 is 6.53. The van der Waals surface area contributed by atoms with E-state index < -0.39 is 0 Å². The minimum absolute atomic E-state index is 0.0673. The molecule has 0 aliphatic rings. The highest BCUT2D eigenvalue weighted by molar-refractivity contribution is 9.10. The summed E-state index contributed by atoms with van der Waals surface area (Å²) in [5.74, 6) is 0.527. The van der Waals surface area contributed by atoms with E-state index in [0.717, 1.165) is 10.0 Å². The molecule has 2 aromatic rings. The van der Waals surface area contributed by atoms with Crippen molar-refractivity contribution in [3.05, 3.63) is 57.3 Å². The summed E-state index contributed by atoms with van der Waals surface area (Å²) in [6.07, 6.45) is 1.60. The Kier molecular flexibility index (Phi) is 4.39. The van der Waals surface area contributed by atoms with E-state index in [1.54, 1.807) is 30.5 Å². The van der Waals surface area contributed by atoms with Crippen LogP contribution in [0.15, 0.2) is 41.0 Å². The molecule has 3 N–H and O–H groups in total. The summed E-state index contributed by atoms with van der Waals surface area (Å²) >= 11 is 9.39. The minimum Gasteiger partial charge on any atom is -0.487 e. The van der Waals surface area contributed by atoms with Crippen LogP contribution in [0.3, 0.4) is 0 Å². The number of rotatable bonds is 4. The highest BCUT2D eigenvalue weighted by Crippen LogP contribution is 2.28. The molecule has 0 amide bonds. The van der Waals surface area contributed by atoms with E-state index in [0.29, 0.717) is 23.1 Å². The predicted octanol–water partition coefficient (Wildman–Crippen LogP) is 3.36. The highest BCUT2D eigenvalue weighted by Gasteiger charge is 2.04. The standard InChI is InChI=1S/C13H11BrClN3O/c14-9-1-2-10(15)12(6-9)19-7-8-3-4-18-11(5-8)13(16)17/h1-6H,7H2,(H3,16,17). The smallest absolute Gasteiger partial charge is 0.141 e. The number of nitrogens with two attached hydrogens (primary N) is 1. The van der Waals surface area contributed by atoms with Crippen LogP contribution >= 0.6 is 27.5 Å². The molecule has 98 valence electrons. The maximum Gasteiger partial charge on any atom is 0.141 e. The van der Waals surface area contributed by atoms with Gasteiger partial charge in [0.25, 0.3) is 0 Å². The van der Waals surface area contributed by atoms with Crippen molar-refractivity contribution in [2.24, 2.45) is 5.73 Å². The molecule has 0 aliphatic heterocycles. The second-order valence-electron chi connectivity index (χ2n) is 3.83. The van der Waals surface area contributed by atoms with Crippen molar-refractivity contribution in [1.29, 1.82) is 5.41 Å². The average Bonchev–Trinajstić information content (AvgIpc) is 2.40. The van der Waals surface area contributed by atoms with Crippen molar-refractivity contribution in [2.75, 3.05) is 0 Å². The van der Waals surface area contributed by atoms with Crippen LogP contribution in [0, 0.1) is 5.41 Å². The molecule has 1 heterocycles. The number of hydrogen-bond acceptors (Lipinski definition) is 3. The van der Waals surface area contributed by atoms with Crippen molar-refractivity contribution < 1.29 is 4.74 Å². The molecule has 0 atom stereocenters. The average molecular weight is 341 g/mol. The van der Waals surface area contributed by atoms with Crippen molar-refractivity contribution in [2.45, 2.75) is 6.61 Å². The topological polar surface area (TPSA) is 72.0 Å². The molecule has 1 aromatic heterocycles. The molecule has 0 aliphatic carbocycles.